The SMILES string of the molecule is CC(C)(C)OC(=O)CN(CCN1CCCC1)C(=O)CN(CCN1CCCC1)C(=O)OCc1ccccc1. The summed E-state index contributed by atoms with van der Waals surface area (Å²) in [7, 11) is 0. The molecule has 37 heavy (non-hydrogen) atoms. The smallest absolute Gasteiger partial charge is 0.410 e. The van der Waals surface area contributed by atoms with Crippen molar-refractivity contribution in [1.82, 2.24) is 19.6 Å². The van der Waals surface area contributed by atoms with Crippen LogP contribution in [-0.4, -0.2) is 109 Å². The molecular formula is C28H44N4O5. The van der Waals surface area contributed by atoms with Crippen LogP contribution in [0.2, 0.25) is 0 Å². The zero-order valence-electron chi connectivity index (χ0n) is 22.8. The molecular weight excluding hydrogens is 472 g/mol. The summed E-state index contributed by atoms with van der Waals surface area (Å²) in [5, 5.41) is 0. The average molecular weight is 517 g/mol. The molecule has 1 aromatic carbocycles. The fraction of sp³-hybridized carbons (Fsp3) is 0.679. The minimum Gasteiger partial charge on any atom is -0.459 e. The lowest BCUT2D eigenvalue weighted by Gasteiger charge is -2.30. The third kappa shape index (κ3) is 10.7. The molecule has 206 valence electrons. The van der Waals surface area contributed by atoms with Gasteiger partial charge in [0.2, 0.25) is 5.91 Å². The second-order valence-corrected chi connectivity index (χ2v) is 11.0. The first kappa shape index (κ1) is 28.9. The zero-order chi connectivity index (χ0) is 26.7. The summed E-state index contributed by atoms with van der Waals surface area (Å²) in [5.74, 6) is -0.722. The van der Waals surface area contributed by atoms with Crippen LogP contribution in [0.5, 0.6) is 0 Å². The van der Waals surface area contributed by atoms with Crippen LogP contribution in [0.15, 0.2) is 30.3 Å². The molecule has 2 heterocycles. The number of amides is 2. The van der Waals surface area contributed by atoms with E-state index in [-0.39, 0.29) is 25.6 Å². The molecule has 2 aliphatic rings. The highest BCUT2D eigenvalue weighted by Crippen LogP contribution is 2.12. The molecule has 0 aliphatic carbocycles. The van der Waals surface area contributed by atoms with Crippen LogP contribution in [0.4, 0.5) is 4.79 Å². The Labute approximate surface area is 221 Å². The maximum atomic E-state index is 13.5. The third-order valence-electron chi connectivity index (χ3n) is 6.65. The molecule has 1 aromatic rings. The van der Waals surface area contributed by atoms with Crippen molar-refractivity contribution >= 4 is 18.0 Å². The van der Waals surface area contributed by atoms with Crippen LogP contribution in [-0.2, 0) is 25.7 Å². The summed E-state index contributed by atoms with van der Waals surface area (Å²) in [6.45, 7) is 11.5. The fourth-order valence-corrected chi connectivity index (χ4v) is 4.67. The number of ether oxygens (including phenoxy) is 2. The van der Waals surface area contributed by atoms with Crippen molar-refractivity contribution in [3.8, 4) is 0 Å². The molecule has 0 spiro atoms. The van der Waals surface area contributed by atoms with Crippen LogP contribution < -0.4 is 0 Å². The normalized spacial score (nSPS) is 16.5. The van der Waals surface area contributed by atoms with Gasteiger partial charge in [0.25, 0.3) is 0 Å². The van der Waals surface area contributed by atoms with Gasteiger partial charge in [0.1, 0.15) is 25.3 Å². The van der Waals surface area contributed by atoms with Crippen LogP contribution >= 0.6 is 0 Å². The van der Waals surface area contributed by atoms with E-state index in [0.29, 0.717) is 26.2 Å². The van der Waals surface area contributed by atoms with Gasteiger partial charge >= 0.3 is 12.1 Å². The minimum atomic E-state index is -0.635. The predicted octanol–water partition coefficient (Wildman–Crippen LogP) is 2.99. The van der Waals surface area contributed by atoms with Crippen molar-refractivity contribution in [2.75, 3.05) is 65.4 Å². The molecule has 0 radical (unpaired) electrons. The maximum Gasteiger partial charge on any atom is 0.410 e. The Balaban J connectivity index is 1.64. The van der Waals surface area contributed by atoms with Gasteiger partial charge in [-0.2, -0.15) is 0 Å². The molecule has 9 nitrogen and oxygen atoms in total. The topological polar surface area (TPSA) is 82.6 Å². The van der Waals surface area contributed by atoms with Gasteiger partial charge in [-0.05, 0) is 78.2 Å². The molecule has 0 saturated carbocycles. The Bertz CT molecular complexity index is 861. The number of hydrogen-bond acceptors (Lipinski definition) is 7. The van der Waals surface area contributed by atoms with Crippen molar-refractivity contribution < 1.29 is 23.9 Å². The summed E-state index contributed by atoms with van der Waals surface area (Å²) < 4.78 is 11.1. The fourth-order valence-electron chi connectivity index (χ4n) is 4.67. The lowest BCUT2D eigenvalue weighted by atomic mass is 10.2. The molecule has 0 bridgehead atoms. The second kappa shape index (κ2) is 14.3. The molecule has 0 aromatic heterocycles. The first-order valence-corrected chi connectivity index (χ1v) is 13.6. The highest BCUT2D eigenvalue weighted by atomic mass is 16.6. The molecule has 2 fully saturated rings. The van der Waals surface area contributed by atoms with E-state index in [4.69, 9.17) is 9.47 Å². The third-order valence-corrected chi connectivity index (χ3v) is 6.65. The van der Waals surface area contributed by atoms with Crippen LogP contribution in [0.25, 0.3) is 0 Å². The number of rotatable bonds is 12. The summed E-state index contributed by atoms with van der Waals surface area (Å²) in [4.78, 5) is 46.7. The van der Waals surface area contributed by atoms with Gasteiger partial charge < -0.3 is 24.2 Å². The number of carbonyl (C=O) groups excluding carboxylic acids is 3. The van der Waals surface area contributed by atoms with Crippen molar-refractivity contribution in [1.29, 1.82) is 0 Å². The number of likely N-dealkylation sites (tertiary alicyclic amines) is 2. The first-order valence-electron chi connectivity index (χ1n) is 13.6. The number of carbonyl (C=O) groups is 3. The van der Waals surface area contributed by atoms with Gasteiger partial charge in [-0.1, -0.05) is 30.3 Å². The quantitative estimate of drug-likeness (QED) is 0.395. The highest BCUT2D eigenvalue weighted by molar-refractivity contribution is 5.85. The van der Waals surface area contributed by atoms with Gasteiger partial charge in [0.05, 0.1) is 0 Å². The van der Waals surface area contributed by atoms with Crippen molar-refractivity contribution in [2.45, 2.75) is 58.7 Å². The standard InChI is InChI=1S/C28H44N4O5/c1-28(2,3)37-26(34)22-31(19-17-29-13-7-8-14-29)25(33)21-32(20-18-30-15-9-10-16-30)27(35)36-23-24-11-5-4-6-12-24/h4-6,11-12H,7-10,13-23H2,1-3H3. The van der Waals surface area contributed by atoms with Crippen LogP contribution in [0.1, 0.15) is 52.0 Å². The summed E-state index contributed by atoms with van der Waals surface area (Å²) in [6.07, 6.45) is 4.08. The van der Waals surface area contributed by atoms with E-state index in [0.717, 1.165) is 57.4 Å². The van der Waals surface area contributed by atoms with Crippen molar-refractivity contribution in [2.24, 2.45) is 0 Å². The summed E-state index contributed by atoms with van der Waals surface area (Å²) in [6, 6.07) is 9.50. The molecule has 9 heteroatoms. The molecule has 0 unspecified atom stereocenters. The van der Waals surface area contributed by atoms with Gasteiger partial charge in [0, 0.05) is 26.2 Å². The number of nitrogens with zero attached hydrogens (tertiary/aromatic N) is 4. The Morgan fingerprint density at radius 1 is 0.811 bits per heavy atom. The molecule has 2 saturated heterocycles. The lowest BCUT2D eigenvalue weighted by molar-refractivity contribution is -0.159. The van der Waals surface area contributed by atoms with E-state index in [9.17, 15) is 14.4 Å². The summed E-state index contributed by atoms with van der Waals surface area (Å²) >= 11 is 0. The molecule has 2 aliphatic heterocycles. The Kier molecular flexibility index (Phi) is 11.2. The number of esters is 1. The van der Waals surface area contributed by atoms with E-state index < -0.39 is 17.7 Å². The summed E-state index contributed by atoms with van der Waals surface area (Å²) in [5.41, 5.74) is 0.253. The largest absolute Gasteiger partial charge is 0.459 e. The molecule has 2 amide bonds. The predicted molar refractivity (Wildman–Crippen MR) is 142 cm³/mol. The zero-order valence-corrected chi connectivity index (χ0v) is 22.8. The number of hydrogen-bond donors (Lipinski definition) is 0. The van der Waals surface area contributed by atoms with Crippen molar-refractivity contribution in [3.05, 3.63) is 35.9 Å². The van der Waals surface area contributed by atoms with E-state index >= 15 is 0 Å². The van der Waals surface area contributed by atoms with Gasteiger partial charge in [-0.25, -0.2) is 4.79 Å². The number of benzene rings is 1. The van der Waals surface area contributed by atoms with Crippen LogP contribution in [0, 0.1) is 0 Å². The monoisotopic (exact) mass is 516 g/mol. The van der Waals surface area contributed by atoms with E-state index in [1.807, 2.05) is 51.1 Å². The van der Waals surface area contributed by atoms with Gasteiger partial charge in [-0.3, -0.25) is 14.5 Å². The van der Waals surface area contributed by atoms with Gasteiger partial charge in [-0.15, -0.1) is 0 Å². The minimum absolute atomic E-state index is 0.135. The lowest BCUT2D eigenvalue weighted by Crippen LogP contribution is -2.49. The molecule has 0 atom stereocenters. The van der Waals surface area contributed by atoms with E-state index in [1.165, 1.54) is 9.80 Å². The highest BCUT2D eigenvalue weighted by Gasteiger charge is 2.27. The average Bonchev–Trinajstić information content (AvgIpc) is 3.56. The Morgan fingerprint density at radius 3 is 1.89 bits per heavy atom. The first-order chi connectivity index (χ1) is 17.7. The maximum absolute atomic E-state index is 13.5. The second-order valence-electron chi connectivity index (χ2n) is 11.0. The Hall–Kier alpha value is -2.65. The van der Waals surface area contributed by atoms with Gasteiger partial charge in [0.15, 0.2) is 0 Å². The van der Waals surface area contributed by atoms with Crippen LogP contribution in [0.3, 0.4) is 0 Å². The molecule has 3 rings (SSSR count). The van der Waals surface area contributed by atoms with E-state index in [2.05, 4.69) is 9.80 Å². The van der Waals surface area contributed by atoms with Crippen molar-refractivity contribution in [3.63, 3.8) is 0 Å². The molecule has 0 N–H and O–H groups in total. The van der Waals surface area contributed by atoms with E-state index in [1.54, 1.807) is 0 Å². The Morgan fingerprint density at radius 2 is 1.35 bits per heavy atom.